The summed E-state index contributed by atoms with van der Waals surface area (Å²) in [7, 11) is 2.98. The molecular formula is C10H16ClN3O3S. The molecule has 0 aliphatic carbocycles. The van der Waals surface area contributed by atoms with Crippen molar-refractivity contribution in [2.75, 3.05) is 7.05 Å². The molecule has 1 rings (SSSR count). The third-order valence-corrected chi connectivity index (χ3v) is 3.59. The van der Waals surface area contributed by atoms with E-state index in [9.17, 15) is 13.2 Å². The Morgan fingerprint density at radius 3 is 2.72 bits per heavy atom. The fraction of sp³-hybridized carbons (Fsp3) is 0.600. The Bertz CT molecular complexity index is 524. The first-order valence-corrected chi connectivity index (χ1v) is 7.90. The van der Waals surface area contributed by atoms with Crippen molar-refractivity contribution in [2.24, 2.45) is 0 Å². The number of hydrogen-bond donors (Lipinski definition) is 1. The van der Waals surface area contributed by atoms with Crippen LogP contribution in [-0.4, -0.2) is 30.9 Å². The minimum atomic E-state index is -3.83. The highest BCUT2D eigenvalue weighted by Gasteiger charge is 2.17. The predicted octanol–water partition coefficient (Wildman–Crippen LogP) is 0.899. The molecule has 0 aromatic carbocycles. The number of rotatable bonds is 6. The van der Waals surface area contributed by atoms with Crippen molar-refractivity contribution in [1.82, 2.24) is 14.9 Å². The molecule has 0 aliphatic rings. The van der Waals surface area contributed by atoms with Crippen LogP contribution in [0.3, 0.4) is 0 Å². The van der Waals surface area contributed by atoms with Crippen LogP contribution in [0.5, 0.6) is 0 Å². The van der Waals surface area contributed by atoms with Crippen LogP contribution >= 0.6 is 10.7 Å². The van der Waals surface area contributed by atoms with Gasteiger partial charge in [0.2, 0.25) is 5.91 Å². The molecule has 8 heteroatoms. The molecule has 0 aliphatic heterocycles. The summed E-state index contributed by atoms with van der Waals surface area (Å²) in [6, 6.07) is 0. The lowest BCUT2D eigenvalue weighted by molar-refractivity contribution is -0.120. The van der Waals surface area contributed by atoms with Crippen molar-refractivity contribution in [3.05, 3.63) is 12.0 Å². The van der Waals surface area contributed by atoms with Crippen LogP contribution in [-0.2, 0) is 26.8 Å². The summed E-state index contributed by atoms with van der Waals surface area (Å²) in [5.74, 6) is 0.516. The molecule has 0 spiro atoms. The predicted molar refractivity (Wildman–Crippen MR) is 67.9 cm³/mol. The molecule has 102 valence electrons. The number of hydrogen-bond acceptors (Lipinski definition) is 4. The number of amides is 1. The van der Waals surface area contributed by atoms with E-state index < -0.39 is 9.05 Å². The monoisotopic (exact) mass is 293 g/mol. The minimum absolute atomic E-state index is 0.110. The summed E-state index contributed by atoms with van der Waals surface area (Å²) in [6.45, 7) is 2.35. The van der Waals surface area contributed by atoms with E-state index in [4.69, 9.17) is 10.7 Å². The fourth-order valence-electron chi connectivity index (χ4n) is 1.51. The lowest BCUT2D eigenvalue weighted by Gasteiger charge is -2.05. The van der Waals surface area contributed by atoms with Gasteiger partial charge in [-0.1, -0.05) is 6.92 Å². The van der Waals surface area contributed by atoms with Crippen molar-refractivity contribution in [2.45, 2.75) is 37.8 Å². The zero-order valence-electron chi connectivity index (χ0n) is 10.3. The molecule has 0 atom stereocenters. The number of aromatic nitrogens is 2. The Balaban J connectivity index is 2.94. The maximum absolute atomic E-state index is 11.2. The molecule has 0 bridgehead atoms. The average molecular weight is 294 g/mol. The highest BCUT2D eigenvalue weighted by molar-refractivity contribution is 8.13. The largest absolute Gasteiger partial charge is 0.359 e. The molecule has 0 radical (unpaired) electrons. The van der Waals surface area contributed by atoms with Crippen LogP contribution in [0.15, 0.2) is 11.2 Å². The molecule has 1 heterocycles. The first-order valence-electron chi connectivity index (χ1n) is 5.59. The fourth-order valence-corrected chi connectivity index (χ4v) is 2.20. The highest BCUT2D eigenvalue weighted by Crippen LogP contribution is 2.15. The second-order valence-corrected chi connectivity index (χ2v) is 6.31. The quantitative estimate of drug-likeness (QED) is 0.790. The molecule has 0 saturated carbocycles. The zero-order valence-corrected chi connectivity index (χ0v) is 11.9. The lowest BCUT2D eigenvalue weighted by atomic mass is 10.3. The number of imidazole rings is 1. The van der Waals surface area contributed by atoms with Gasteiger partial charge in [-0.2, -0.15) is 0 Å². The van der Waals surface area contributed by atoms with Gasteiger partial charge in [-0.3, -0.25) is 4.79 Å². The molecule has 0 unspecified atom stereocenters. The van der Waals surface area contributed by atoms with Gasteiger partial charge in [0.15, 0.2) is 5.03 Å². The second kappa shape index (κ2) is 6.19. The van der Waals surface area contributed by atoms with E-state index in [1.807, 2.05) is 6.92 Å². The van der Waals surface area contributed by atoms with Crippen molar-refractivity contribution in [3.8, 4) is 0 Å². The number of aryl methyl sites for hydroxylation is 2. The molecule has 1 aromatic heterocycles. The summed E-state index contributed by atoms with van der Waals surface area (Å²) in [5.41, 5.74) is 0. The standard InChI is InChI=1S/C10H16ClN3O3S/c1-3-4-8-13-10(18(11,16)17)7-14(8)6-5-9(15)12-2/h7H,3-6H2,1-2H3,(H,12,15). The number of nitrogens with zero attached hydrogens (tertiary/aromatic N) is 2. The summed E-state index contributed by atoms with van der Waals surface area (Å²) in [5, 5.41) is 2.34. The van der Waals surface area contributed by atoms with E-state index in [2.05, 4.69) is 10.3 Å². The van der Waals surface area contributed by atoms with Gasteiger partial charge >= 0.3 is 0 Å². The van der Waals surface area contributed by atoms with Gasteiger partial charge in [0.1, 0.15) is 5.82 Å². The SMILES string of the molecule is CCCc1nc(S(=O)(=O)Cl)cn1CCC(=O)NC. The molecule has 1 amide bonds. The van der Waals surface area contributed by atoms with Gasteiger partial charge in [-0.25, -0.2) is 13.4 Å². The molecule has 18 heavy (non-hydrogen) atoms. The van der Waals surface area contributed by atoms with E-state index in [-0.39, 0.29) is 17.4 Å². The van der Waals surface area contributed by atoms with Crippen LogP contribution < -0.4 is 5.32 Å². The van der Waals surface area contributed by atoms with Crippen LogP contribution in [0.25, 0.3) is 0 Å². The van der Waals surface area contributed by atoms with Gasteiger partial charge < -0.3 is 9.88 Å². The van der Waals surface area contributed by atoms with Crippen LogP contribution in [0.2, 0.25) is 0 Å². The highest BCUT2D eigenvalue weighted by atomic mass is 35.7. The Hall–Kier alpha value is -1.08. The maximum Gasteiger partial charge on any atom is 0.280 e. The van der Waals surface area contributed by atoms with Crippen molar-refractivity contribution in [3.63, 3.8) is 0 Å². The first kappa shape index (κ1) is 15.0. The normalized spacial score (nSPS) is 11.5. The molecule has 6 nitrogen and oxygen atoms in total. The molecule has 1 aromatic rings. The smallest absolute Gasteiger partial charge is 0.280 e. The summed E-state index contributed by atoms with van der Waals surface area (Å²) >= 11 is 0. The zero-order chi connectivity index (χ0) is 13.8. The average Bonchev–Trinajstić information content (AvgIpc) is 2.69. The number of halogens is 1. The van der Waals surface area contributed by atoms with Crippen LogP contribution in [0, 0.1) is 0 Å². The first-order chi connectivity index (χ1) is 8.38. The molecular weight excluding hydrogens is 278 g/mol. The Morgan fingerprint density at radius 2 is 2.22 bits per heavy atom. The minimum Gasteiger partial charge on any atom is -0.359 e. The van der Waals surface area contributed by atoms with E-state index in [0.29, 0.717) is 18.8 Å². The Kier molecular flexibility index (Phi) is 5.15. The van der Waals surface area contributed by atoms with Crippen LogP contribution in [0.4, 0.5) is 0 Å². The van der Waals surface area contributed by atoms with Gasteiger partial charge in [-0.15, -0.1) is 0 Å². The second-order valence-electron chi connectivity index (χ2n) is 3.80. The topological polar surface area (TPSA) is 81.1 Å². The van der Waals surface area contributed by atoms with E-state index >= 15 is 0 Å². The summed E-state index contributed by atoms with van der Waals surface area (Å²) < 4.78 is 24.1. The van der Waals surface area contributed by atoms with E-state index in [1.165, 1.54) is 6.20 Å². The number of carbonyl (C=O) groups excluding carboxylic acids is 1. The number of carbonyl (C=O) groups is 1. The van der Waals surface area contributed by atoms with Gasteiger partial charge in [-0.05, 0) is 6.42 Å². The van der Waals surface area contributed by atoms with E-state index in [0.717, 1.165) is 6.42 Å². The van der Waals surface area contributed by atoms with Gasteiger partial charge in [0.05, 0.1) is 0 Å². The maximum atomic E-state index is 11.2. The Labute approximate surface area is 111 Å². The molecule has 0 fully saturated rings. The van der Waals surface area contributed by atoms with Gasteiger partial charge in [0.25, 0.3) is 9.05 Å². The summed E-state index contributed by atoms with van der Waals surface area (Å²) in [4.78, 5) is 15.2. The van der Waals surface area contributed by atoms with Crippen LogP contribution in [0.1, 0.15) is 25.6 Å². The van der Waals surface area contributed by atoms with Crippen molar-refractivity contribution >= 4 is 25.6 Å². The Morgan fingerprint density at radius 1 is 1.56 bits per heavy atom. The van der Waals surface area contributed by atoms with Gasteiger partial charge in [0, 0.05) is 43.3 Å². The number of nitrogens with one attached hydrogen (secondary N) is 1. The molecule has 1 N–H and O–H groups in total. The third-order valence-electron chi connectivity index (χ3n) is 2.42. The van der Waals surface area contributed by atoms with E-state index in [1.54, 1.807) is 11.6 Å². The lowest BCUT2D eigenvalue weighted by Crippen LogP contribution is -2.19. The molecule has 0 saturated heterocycles. The van der Waals surface area contributed by atoms with Crippen molar-refractivity contribution < 1.29 is 13.2 Å². The summed E-state index contributed by atoms with van der Waals surface area (Å²) in [6.07, 6.45) is 3.11. The van der Waals surface area contributed by atoms with Crippen molar-refractivity contribution in [1.29, 1.82) is 0 Å². The third kappa shape index (κ3) is 3.99.